The number of ether oxygens (including phenoxy) is 2. The van der Waals surface area contributed by atoms with Crippen molar-refractivity contribution in [1.29, 1.82) is 0 Å². The maximum atomic E-state index is 11.8. The first-order chi connectivity index (χ1) is 11.6. The van der Waals surface area contributed by atoms with E-state index >= 15 is 0 Å². The summed E-state index contributed by atoms with van der Waals surface area (Å²) in [6.07, 6.45) is 0.752. The van der Waals surface area contributed by atoms with Crippen LogP contribution in [0.2, 0.25) is 0 Å². The first-order valence-corrected chi connectivity index (χ1v) is 8.21. The Morgan fingerprint density at radius 1 is 1.00 bits per heavy atom. The Labute approximate surface area is 143 Å². The summed E-state index contributed by atoms with van der Waals surface area (Å²) in [5.74, 6) is 1.80. The summed E-state index contributed by atoms with van der Waals surface area (Å²) in [7, 11) is 1.42. The third-order valence-electron chi connectivity index (χ3n) is 3.65. The summed E-state index contributed by atoms with van der Waals surface area (Å²) in [4.78, 5) is 11.8. The van der Waals surface area contributed by atoms with Crippen LogP contribution in [0.5, 0.6) is 11.5 Å². The molecule has 24 heavy (non-hydrogen) atoms. The van der Waals surface area contributed by atoms with E-state index in [1.165, 1.54) is 7.11 Å². The second-order valence-corrected chi connectivity index (χ2v) is 6.15. The summed E-state index contributed by atoms with van der Waals surface area (Å²) < 4.78 is 10.6. The SMILES string of the molecule is COC(=O)[C@H](CC(C)C)NCc1ccc(Oc2ccccc2)cc1. The van der Waals surface area contributed by atoms with Crippen LogP contribution in [0.3, 0.4) is 0 Å². The van der Waals surface area contributed by atoms with Crippen LogP contribution in [-0.4, -0.2) is 19.1 Å². The summed E-state index contributed by atoms with van der Waals surface area (Å²) in [6.45, 7) is 4.79. The Kier molecular flexibility index (Phi) is 6.82. The number of rotatable bonds is 8. The van der Waals surface area contributed by atoms with E-state index in [0.29, 0.717) is 12.5 Å². The minimum Gasteiger partial charge on any atom is -0.468 e. The molecule has 2 rings (SSSR count). The van der Waals surface area contributed by atoms with Crippen LogP contribution in [0, 0.1) is 5.92 Å². The third-order valence-corrected chi connectivity index (χ3v) is 3.65. The molecule has 0 amide bonds. The van der Waals surface area contributed by atoms with Crippen molar-refractivity contribution in [3.63, 3.8) is 0 Å². The number of hydrogen-bond donors (Lipinski definition) is 1. The van der Waals surface area contributed by atoms with Crippen molar-refractivity contribution in [1.82, 2.24) is 5.32 Å². The van der Waals surface area contributed by atoms with E-state index in [1.54, 1.807) is 0 Å². The van der Waals surface area contributed by atoms with Crippen molar-refractivity contribution >= 4 is 5.97 Å². The minimum absolute atomic E-state index is 0.215. The molecule has 4 heteroatoms. The lowest BCUT2D eigenvalue weighted by molar-refractivity contribution is -0.143. The smallest absolute Gasteiger partial charge is 0.322 e. The maximum absolute atomic E-state index is 11.8. The number of hydrogen-bond acceptors (Lipinski definition) is 4. The van der Waals surface area contributed by atoms with Gasteiger partial charge >= 0.3 is 5.97 Å². The highest BCUT2D eigenvalue weighted by molar-refractivity contribution is 5.75. The quantitative estimate of drug-likeness (QED) is 0.740. The van der Waals surface area contributed by atoms with Gasteiger partial charge in [-0.15, -0.1) is 0 Å². The van der Waals surface area contributed by atoms with Crippen LogP contribution in [0.15, 0.2) is 54.6 Å². The van der Waals surface area contributed by atoms with Gasteiger partial charge in [-0.2, -0.15) is 0 Å². The molecule has 0 saturated carbocycles. The second-order valence-electron chi connectivity index (χ2n) is 6.15. The molecule has 0 heterocycles. The number of methoxy groups -OCH3 is 1. The molecular formula is C20H25NO3. The fraction of sp³-hybridized carbons (Fsp3) is 0.350. The molecule has 4 nitrogen and oxygen atoms in total. The van der Waals surface area contributed by atoms with Crippen LogP contribution in [0.1, 0.15) is 25.8 Å². The summed E-state index contributed by atoms with van der Waals surface area (Å²) in [5.41, 5.74) is 1.09. The van der Waals surface area contributed by atoms with E-state index in [1.807, 2.05) is 54.6 Å². The van der Waals surface area contributed by atoms with E-state index in [9.17, 15) is 4.79 Å². The van der Waals surface area contributed by atoms with Gasteiger partial charge in [0.2, 0.25) is 0 Å². The zero-order valence-electron chi connectivity index (χ0n) is 14.5. The van der Waals surface area contributed by atoms with Gasteiger partial charge in [-0.05, 0) is 42.2 Å². The van der Waals surface area contributed by atoms with Gasteiger partial charge < -0.3 is 14.8 Å². The van der Waals surface area contributed by atoms with Crippen LogP contribution < -0.4 is 10.1 Å². The molecule has 2 aromatic carbocycles. The van der Waals surface area contributed by atoms with E-state index in [0.717, 1.165) is 23.5 Å². The molecule has 2 aromatic rings. The zero-order valence-corrected chi connectivity index (χ0v) is 14.5. The lowest BCUT2D eigenvalue weighted by atomic mass is 10.0. The largest absolute Gasteiger partial charge is 0.468 e. The molecule has 0 spiro atoms. The average Bonchev–Trinajstić information content (AvgIpc) is 2.60. The van der Waals surface area contributed by atoms with Gasteiger partial charge in [0.15, 0.2) is 0 Å². The van der Waals surface area contributed by atoms with Gasteiger partial charge in [0.25, 0.3) is 0 Å². The monoisotopic (exact) mass is 327 g/mol. The van der Waals surface area contributed by atoms with Gasteiger partial charge in [-0.3, -0.25) is 4.79 Å². The molecule has 1 atom stereocenters. The van der Waals surface area contributed by atoms with Gasteiger partial charge in [0, 0.05) is 6.54 Å². The Morgan fingerprint density at radius 2 is 1.62 bits per heavy atom. The average molecular weight is 327 g/mol. The molecule has 128 valence electrons. The molecule has 0 aliphatic heterocycles. The molecule has 0 aliphatic carbocycles. The molecule has 0 unspecified atom stereocenters. The fourth-order valence-corrected chi connectivity index (χ4v) is 2.42. The topological polar surface area (TPSA) is 47.6 Å². The highest BCUT2D eigenvalue weighted by atomic mass is 16.5. The molecule has 0 fully saturated rings. The number of benzene rings is 2. The molecule has 0 aliphatic rings. The van der Waals surface area contributed by atoms with Crippen molar-refractivity contribution in [3.05, 3.63) is 60.2 Å². The van der Waals surface area contributed by atoms with Crippen LogP contribution >= 0.6 is 0 Å². The van der Waals surface area contributed by atoms with Crippen LogP contribution in [-0.2, 0) is 16.1 Å². The predicted octanol–water partition coefficient (Wildman–Crippen LogP) is 4.16. The molecule has 0 aromatic heterocycles. The van der Waals surface area contributed by atoms with Crippen molar-refractivity contribution < 1.29 is 14.3 Å². The van der Waals surface area contributed by atoms with E-state index in [-0.39, 0.29) is 12.0 Å². The maximum Gasteiger partial charge on any atom is 0.322 e. The van der Waals surface area contributed by atoms with Crippen LogP contribution in [0.4, 0.5) is 0 Å². The number of para-hydroxylation sites is 1. The third kappa shape index (κ3) is 5.70. The van der Waals surface area contributed by atoms with E-state index < -0.39 is 0 Å². The molecule has 1 N–H and O–H groups in total. The van der Waals surface area contributed by atoms with Crippen molar-refractivity contribution in [2.75, 3.05) is 7.11 Å². The first kappa shape index (κ1) is 18.0. The number of esters is 1. The summed E-state index contributed by atoms with van der Waals surface area (Å²) in [5, 5.41) is 3.27. The Morgan fingerprint density at radius 3 is 2.21 bits per heavy atom. The molecule has 0 saturated heterocycles. The zero-order chi connectivity index (χ0) is 17.4. The van der Waals surface area contributed by atoms with Crippen molar-refractivity contribution in [3.8, 4) is 11.5 Å². The van der Waals surface area contributed by atoms with E-state index in [4.69, 9.17) is 9.47 Å². The molecule has 0 bridgehead atoms. The minimum atomic E-state index is -0.282. The Hall–Kier alpha value is -2.33. The Bertz CT molecular complexity index is 623. The molecule has 0 radical (unpaired) electrons. The highest BCUT2D eigenvalue weighted by Crippen LogP contribution is 2.21. The van der Waals surface area contributed by atoms with E-state index in [2.05, 4.69) is 19.2 Å². The van der Waals surface area contributed by atoms with Crippen molar-refractivity contribution in [2.45, 2.75) is 32.9 Å². The van der Waals surface area contributed by atoms with Gasteiger partial charge in [0.05, 0.1) is 7.11 Å². The highest BCUT2D eigenvalue weighted by Gasteiger charge is 2.19. The first-order valence-electron chi connectivity index (χ1n) is 8.21. The standard InChI is InChI=1S/C20H25NO3/c1-15(2)13-19(20(22)23-3)21-14-16-9-11-18(12-10-16)24-17-7-5-4-6-8-17/h4-12,15,19,21H,13-14H2,1-3H3/t19-/m0/s1. The molecular weight excluding hydrogens is 302 g/mol. The van der Waals surface area contributed by atoms with Gasteiger partial charge in [0.1, 0.15) is 17.5 Å². The number of carbonyl (C=O) groups excluding carboxylic acids is 1. The van der Waals surface area contributed by atoms with Gasteiger partial charge in [-0.1, -0.05) is 44.2 Å². The van der Waals surface area contributed by atoms with Gasteiger partial charge in [-0.25, -0.2) is 0 Å². The second kappa shape index (κ2) is 9.08. The lowest BCUT2D eigenvalue weighted by Gasteiger charge is -2.18. The summed E-state index contributed by atoms with van der Waals surface area (Å²) >= 11 is 0. The normalized spacial score (nSPS) is 12.0. The Balaban J connectivity index is 1.91. The predicted molar refractivity (Wildman–Crippen MR) is 95.1 cm³/mol. The summed E-state index contributed by atoms with van der Waals surface area (Å²) in [6, 6.07) is 17.2. The number of nitrogens with one attached hydrogen (secondary N) is 1. The fourth-order valence-electron chi connectivity index (χ4n) is 2.42. The van der Waals surface area contributed by atoms with Crippen LogP contribution in [0.25, 0.3) is 0 Å². The lowest BCUT2D eigenvalue weighted by Crippen LogP contribution is -2.38. The number of carbonyl (C=O) groups is 1. The van der Waals surface area contributed by atoms with Crippen molar-refractivity contribution in [2.24, 2.45) is 5.92 Å².